The summed E-state index contributed by atoms with van der Waals surface area (Å²) in [5.74, 6) is 0. The summed E-state index contributed by atoms with van der Waals surface area (Å²) < 4.78 is 0. The summed E-state index contributed by atoms with van der Waals surface area (Å²) in [7, 11) is 2.22. The van der Waals surface area contributed by atoms with Crippen LogP contribution in [0.4, 0.5) is 0 Å². The molecule has 1 aliphatic rings. The fourth-order valence-electron chi connectivity index (χ4n) is 1.70. The fourth-order valence-corrected chi connectivity index (χ4v) is 1.70. The molecular formula is C10H22N2. The SMILES string of the molecule is CN(CC(C)(C)CN)C1CCC1. The summed E-state index contributed by atoms with van der Waals surface area (Å²) in [6.07, 6.45) is 4.19. The zero-order chi connectivity index (χ0) is 9.19. The van der Waals surface area contributed by atoms with Gasteiger partial charge in [-0.1, -0.05) is 20.3 Å². The summed E-state index contributed by atoms with van der Waals surface area (Å²) >= 11 is 0. The molecule has 0 aliphatic heterocycles. The van der Waals surface area contributed by atoms with Crippen molar-refractivity contribution in [1.29, 1.82) is 0 Å². The highest BCUT2D eigenvalue weighted by Gasteiger charge is 2.26. The molecule has 72 valence electrons. The summed E-state index contributed by atoms with van der Waals surface area (Å²) in [5, 5.41) is 0. The molecule has 0 spiro atoms. The molecular weight excluding hydrogens is 148 g/mol. The lowest BCUT2D eigenvalue weighted by atomic mass is 9.88. The van der Waals surface area contributed by atoms with E-state index in [1.807, 2.05) is 0 Å². The van der Waals surface area contributed by atoms with Gasteiger partial charge in [0.05, 0.1) is 0 Å². The van der Waals surface area contributed by atoms with E-state index in [1.54, 1.807) is 0 Å². The van der Waals surface area contributed by atoms with Gasteiger partial charge in [-0.05, 0) is 31.8 Å². The minimum Gasteiger partial charge on any atom is -0.330 e. The van der Waals surface area contributed by atoms with Gasteiger partial charge in [-0.3, -0.25) is 0 Å². The van der Waals surface area contributed by atoms with Gasteiger partial charge in [0.2, 0.25) is 0 Å². The van der Waals surface area contributed by atoms with Gasteiger partial charge in [0.1, 0.15) is 0 Å². The van der Waals surface area contributed by atoms with Crippen molar-refractivity contribution in [2.45, 2.75) is 39.2 Å². The first kappa shape index (κ1) is 10.0. The maximum absolute atomic E-state index is 5.69. The van der Waals surface area contributed by atoms with E-state index in [0.29, 0.717) is 0 Å². The standard InChI is InChI=1S/C10H22N2/c1-10(2,7-11)8-12(3)9-5-4-6-9/h9H,4-8,11H2,1-3H3. The molecule has 2 nitrogen and oxygen atoms in total. The molecule has 2 N–H and O–H groups in total. The highest BCUT2D eigenvalue weighted by Crippen LogP contribution is 2.26. The van der Waals surface area contributed by atoms with Crippen LogP contribution in [0.15, 0.2) is 0 Å². The average molecular weight is 170 g/mol. The Hall–Kier alpha value is -0.0800. The molecule has 2 heteroatoms. The molecule has 0 aromatic rings. The van der Waals surface area contributed by atoms with E-state index in [2.05, 4.69) is 25.8 Å². The molecule has 1 saturated carbocycles. The van der Waals surface area contributed by atoms with E-state index >= 15 is 0 Å². The van der Waals surface area contributed by atoms with Crippen LogP contribution in [0.25, 0.3) is 0 Å². The summed E-state index contributed by atoms with van der Waals surface area (Å²) in [5.41, 5.74) is 5.97. The van der Waals surface area contributed by atoms with E-state index in [4.69, 9.17) is 5.73 Å². The van der Waals surface area contributed by atoms with Crippen LogP contribution < -0.4 is 5.73 Å². The molecule has 1 rings (SSSR count). The van der Waals surface area contributed by atoms with E-state index in [0.717, 1.165) is 19.1 Å². The van der Waals surface area contributed by atoms with E-state index < -0.39 is 0 Å². The van der Waals surface area contributed by atoms with E-state index in [-0.39, 0.29) is 5.41 Å². The van der Waals surface area contributed by atoms with Crippen molar-refractivity contribution in [3.8, 4) is 0 Å². The van der Waals surface area contributed by atoms with Crippen LogP contribution in [0.1, 0.15) is 33.1 Å². The maximum Gasteiger partial charge on any atom is 0.00924 e. The predicted molar refractivity (Wildman–Crippen MR) is 53.1 cm³/mol. The lowest BCUT2D eigenvalue weighted by Crippen LogP contribution is -2.44. The van der Waals surface area contributed by atoms with Crippen molar-refractivity contribution in [3.63, 3.8) is 0 Å². The molecule has 0 unspecified atom stereocenters. The highest BCUT2D eigenvalue weighted by atomic mass is 15.1. The molecule has 1 aliphatic carbocycles. The lowest BCUT2D eigenvalue weighted by Gasteiger charge is -2.39. The predicted octanol–water partition coefficient (Wildman–Crippen LogP) is 1.46. The largest absolute Gasteiger partial charge is 0.330 e. The van der Waals surface area contributed by atoms with Gasteiger partial charge < -0.3 is 10.6 Å². The van der Waals surface area contributed by atoms with E-state index in [1.165, 1.54) is 19.3 Å². The van der Waals surface area contributed by atoms with E-state index in [9.17, 15) is 0 Å². The topological polar surface area (TPSA) is 29.3 Å². The van der Waals surface area contributed by atoms with Gasteiger partial charge in [-0.2, -0.15) is 0 Å². The van der Waals surface area contributed by atoms with Gasteiger partial charge in [0.15, 0.2) is 0 Å². The van der Waals surface area contributed by atoms with Crippen LogP contribution in [-0.2, 0) is 0 Å². The first-order valence-electron chi connectivity index (χ1n) is 4.95. The molecule has 0 amide bonds. The Kier molecular flexibility index (Phi) is 3.13. The van der Waals surface area contributed by atoms with Crippen LogP contribution in [0.5, 0.6) is 0 Å². The first-order chi connectivity index (χ1) is 5.55. The molecule has 0 radical (unpaired) electrons. The fraction of sp³-hybridized carbons (Fsp3) is 1.00. The van der Waals surface area contributed by atoms with Crippen LogP contribution in [0.3, 0.4) is 0 Å². The molecule has 12 heavy (non-hydrogen) atoms. The normalized spacial score (nSPS) is 19.8. The highest BCUT2D eigenvalue weighted by molar-refractivity contribution is 4.82. The van der Waals surface area contributed by atoms with Crippen molar-refractivity contribution in [3.05, 3.63) is 0 Å². The van der Waals surface area contributed by atoms with Crippen molar-refractivity contribution in [2.24, 2.45) is 11.1 Å². The zero-order valence-electron chi connectivity index (χ0n) is 8.64. The second-order valence-electron chi connectivity index (χ2n) is 4.87. The third-order valence-corrected chi connectivity index (χ3v) is 2.93. The number of hydrogen-bond acceptors (Lipinski definition) is 2. The molecule has 0 saturated heterocycles. The quantitative estimate of drug-likeness (QED) is 0.692. The first-order valence-corrected chi connectivity index (χ1v) is 4.95. The Bertz CT molecular complexity index is 139. The van der Waals surface area contributed by atoms with Gasteiger partial charge in [0.25, 0.3) is 0 Å². The summed E-state index contributed by atoms with van der Waals surface area (Å²) in [6.45, 7) is 6.39. The van der Waals surface area contributed by atoms with Gasteiger partial charge >= 0.3 is 0 Å². The summed E-state index contributed by atoms with van der Waals surface area (Å²) in [4.78, 5) is 2.47. The molecule has 1 fully saturated rings. The average Bonchev–Trinajstić information content (AvgIpc) is 1.82. The van der Waals surface area contributed by atoms with Crippen LogP contribution in [0, 0.1) is 5.41 Å². The Labute approximate surface area is 76.1 Å². The number of nitrogens with two attached hydrogens (primary N) is 1. The molecule has 0 aromatic heterocycles. The smallest absolute Gasteiger partial charge is 0.00924 e. The van der Waals surface area contributed by atoms with Gasteiger partial charge in [0, 0.05) is 12.6 Å². The third kappa shape index (κ3) is 2.46. The van der Waals surface area contributed by atoms with Crippen LogP contribution in [-0.4, -0.2) is 31.1 Å². The molecule has 0 atom stereocenters. The lowest BCUT2D eigenvalue weighted by molar-refractivity contribution is 0.112. The van der Waals surface area contributed by atoms with Crippen molar-refractivity contribution >= 4 is 0 Å². The molecule has 0 heterocycles. The van der Waals surface area contributed by atoms with Crippen molar-refractivity contribution in [2.75, 3.05) is 20.1 Å². The monoisotopic (exact) mass is 170 g/mol. The van der Waals surface area contributed by atoms with Crippen molar-refractivity contribution < 1.29 is 0 Å². The van der Waals surface area contributed by atoms with Gasteiger partial charge in [-0.15, -0.1) is 0 Å². The second-order valence-corrected chi connectivity index (χ2v) is 4.87. The zero-order valence-corrected chi connectivity index (χ0v) is 8.64. The third-order valence-electron chi connectivity index (χ3n) is 2.93. The minimum absolute atomic E-state index is 0.282. The number of rotatable bonds is 4. The summed E-state index contributed by atoms with van der Waals surface area (Å²) in [6, 6.07) is 0.843. The van der Waals surface area contributed by atoms with Crippen molar-refractivity contribution in [1.82, 2.24) is 4.90 Å². The molecule has 0 aromatic carbocycles. The second kappa shape index (κ2) is 3.75. The number of nitrogens with zero attached hydrogens (tertiary/aromatic N) is 1. The minimum atomic E-state index is 0.282. The van der Waals surface area contributed by atoms with Crippen LogP contribution >= 0.6 is 0 Å². The Morgan fingerprint density at radius 3 is 2.33 bits per heavy atom. The Morgan fingerprint density at radius 2 is 2.00 bits per heavy atom. The number of hydrogen-bond donors (Lipinski definition) is 1. The van der Waals surface area contributed by atoms with Crippen LogP contribution in [0.2, 0.25) is 0 Å². The Balaban J connectivity index is 2.28. The molecule has 0 bridgehead atoms. The Morgan fingerprint density at radius 1 is 1.42 bits per heavy atom. The van der Waals surface area contributed by atoms with Gasteiger partial charge in [-0.25, -0.2) is 0 Å². The maximum atomic E-state index is 5.69.